The van der Waals surface area contributed by atoms with E-state index in [0.717, 1.165) is 58.2 Å². The molecule has 0 amide bonds. The number of nitrogens with zero attached hydrogens (tertiary/aromatic N) is 2. The number of piperidine rings is 1. The lowest BCUT2D eigenvalue weighted by molar-refractivity contribution is -0.0971. The van der Waals surface area contributed by atoms with Gasteiger partial charge in [-0.3, -0.25) is 9.89 Å². The van der Waals surface area contributed by atoms with E-state index in [0.29, 0.717) is 6.04 Å². The van der Waals surface area contributed by atoms with E-state index in [9.17, 15) is 0 Å². The fraction of sp³-hybridized carbons (Fsp3) is 0.632. The van der Waals surface area contributed by atoms with Crippen molar-refractivity contribution in [2.45, 2.75) is 32.4 Å². The lowest BCUT2D eigenvalue weighted by Gasteiger charge is -2.39. The second-order valence-electron chi connectivity index (χ2n) is 7.41. The summed E-state index contributed by atoms with van der Waals surface area (Å²) in [6.45, 7) is 8.17. The average molecular weight is 458 g/mol. The minimum atomic E-state index is 0. The third-order valence-corrected chi connectivity index (χ3v) is 4.98. The molecule has 5 nitrogen and oxygen atoms in total. The first-order valence-electron chi connectivity index (χ1n) is 8.98. The number of guanidine groups is 1. The first kappa shape index (κ1) is 20.5. The molecule has 0 atom stereocenters. The van der Waals surface area contributed by atoms with Gasteiger partial charge in [0.05, 0.1) is 13.2 Å². The van der Waals surface area contributed by atoms with Crippen LogP contribution in [0.4, 0.5) is 0 Å². The van der Waals surface area contributed by atoms with Gasteiger partial charge in [0.2, 0.25) is 0 Å². The summed E-state index contributed by atoms with van der Waals surface area (Å²) in [5, 5.41) is 7.04. The fourth-order valence-electron chi connectivity index (χ4n) is 3.31. The zero-order valence-corrected chi connectivity index (χ0v) is 17.7. The quantitative estimate of drug-likeness (QED) is 0.405. The maximum absolute atomic E-state index is 5.31. The molecule has 6 heteroatoms. The molecule has 0 unspecified atom stereocenters. The Bertz CT molecular complexity index is 540. The van der Waals surface area contributed by atoms with E-state index in [2.05, 4.69) is 57.8 Å². The lowest BCUT2D eigenvalue weighted by atomic mass is 9.89. The molecule has 2 aliphatic heterocycles. The Hall–Kier alpha value is -0.860. The second kappa shape index (κ2) is 9.73. The summed E-state index contributed by atoms with van der Waals surface area (Å²) < 4.78 is 5.31. The number of nitrogens with one attached hydrogen (secondary N) is 2. The van der Waals surface area contributed by atoms with Gasteiger partial charge in [-0.05, 0) is 18.4 Å². The fourth-order valence-corrected chi connectivity index (χ4v) is 3.31. The minimum Gasteiger partial charge on any atom is -0.380 e. The molecular weight excluding hydrogens is 427 g/mol. The molecule has 2 fully saturated rings. The SMILES string of the molecule is CN=C(NCC1(C)COC1)NC1CCN(Cc2ccccc2)CC1.I. The first-order valence-corrected chi connectivity index (χ1v) is 8.98. The number of rotatable bonds is 5. The van der Waals surface area contributed by atoms with Crippen LogP contribution in [0.25, 0.3) is 0 Å². The zero-order valence-electron chi connectivity index (χ0n) is 15.3. The van der Waals surface area contributed by atoms with Crippen LogP contribution in [0.2, 0.25) is 0 Å². The van der Waals surface area contributed by atoms with Crippen LogP contribution in [0, 0.1) is 5.41 Å². The molecule has 0 aromatic heterocycles. The molecule has 2 aliphatic rings. The number of aliphatic imine (C=N–C) groups is 1. The topological polar surface area (TPSA) is 48.9 Å². The lowest BCUT2D eigenvalue weighted by Crippen LogP contribution is -2.53. The van der Waals surface area contributed by atoms with Gasteiger partial charge in [0.15, 0.2) is 5.96 Å². The normalized spacial score (nSPS) is 21.1. The maximum Gasteiger partial charge on any atom is 0.191 e. The van der Waals surface area contributed by atoms with E-state index in [1.807, 2.05) is 7.05 Å². The standard InChI is InChI=1S/C19H30N4O.HI/c1-19(14-24-15-19)13-21-18(20-2)22-17-8-10-23(11-9-17)12-16-6-4-3-5-7-16;/h3-7,17H,8-15H2,1-2H3,(H2,20,21,22);1H. The van der Waals surface area contributed by atoms with E-state index in [1.54, 1.807) is 0 Å². The monoisotopic (exact) mass is 458 g/mol. The second-order valence-corrected chi connectivity index (χ2v) is 7.41. The van der Waals surface area contributed by atoms with Crippen LogP contribution in [0.1, 0.15) is 25.3 Å². The molecule has 1 aromatic rings. The Kier molecular flexibility index (Phi) is 7.96. The Morgan fingerprint density at radius 3 is 2.48 bits per heavy atom. The zero-order chi connectivity index (χ0) is 16.8. The smallest absolute Gasteiger partial charge is 0.191 e. The number of likely N-dealkylation sites (tertiary alicyclic amines) is 1. The third kappa shape index (κ3) is 6.11. The van der Waals surface area contributed by atoms with Crippen molar-refractivity contribution in [2.24, 2.45) is 10.4 Å². The average Bonchev–Trinajstić information content (AvgIpc) is 2.59. The Morgan fingerprint density at radius 1 is 1.24 bits per heavy atom. The van der Waals surface area contributed by atoms with Crippen molar-refractivity contribution in [1.82, 2.24) is 15.5 Å². The molecule has 0 radical (unpaired) electrons. The van der Waals surface area contributed by atoms with Crippen molar-refractivity contribution in [1.29, 1.82) is 0 Å². The molecule has 3 rings (SSSR count). The summed E-state index contributed by atoms with van der Waals surface area (Å²) in [6, 6.07) is 11.2. The summed E-state index contributed by atoms with van der Waals surface area (Å²) >= 11 is 0. The predicted molar refractivity (Wildman–Crippen MR) is 114 cm³/mol. The number of halogens is 1. The summed E-state index contributed by atoms with van der Waals surface area (Å²) in [7, 11) is 1.85. The third-order valence-electron chi connectivity index (χ3n) is 4.98. The molecule has 0 spiro atoms. The van der Waals surface area contributed by atoms with Crippen molar-refractivity contribution in [3.8, 4) is 0 Å². The van der Waals surface area contributed by atoms with E-state index in [4.69, 9.17) is 4.74 Å². The maximum atomic E-state index is 5.31. The van der Waals surface area contributed by atoms with Crippen molar-refractivity contribution >= 4 is 29.9 Å². The van der Waals surface area contributed by atoms with E-state index in [1.165, 1.54) is 5.56 Å². The van der Waals surface area contributed by atoms with E-state index >= 15 is 0 Å². The molecule has 1 aromatic carbocycles. The minimum absolute atomic E-state index is 0. The van der Waals surface area contributed by atoms with Gasteiger partial charge in [-0.15, -0.1) is 24.0 Å². The summed E-state index contributed by atoms with van der Waals surface area (Å²) in [6.07, 6.45) is 2.32. The molecule has 140 valence electrons. The number of hydrogen-bond donors (Lipinski definition) is 2. The Labute approximate surface area is 168 Å². The molecule has 2 saturated heterocycles. The van der Waals surface area contributed by atoms with E-state index < -0.39 is 0 Å². The van der Waals surface area contributed by atoms with Gasteiger partial charge >= 0.3 is 0 Å². The van der Waals surface area contributed by atoms with Crippen LogP contribution in [0.5, 0.6) is 0 Å². The van der Waals surface area contributed by atoms with Crippen LogP contribution in [-0.4, -0.2) is 56.8 Å². The van der Waals surface area contributed by atoms with Gasteiger partial charge in [0, 0.05) is 44.7 Å². The predicted octanol–water partition coefficient (Wildman–Crippen LogP) is 2.47. The highest BCUT2D eigenvalue weighted by Gasteiger charge is 2.33. The highest BCUT2D eigenvalue weighted by molar-refractivity contribution is 14.0. The molecule has 0 saturated carbocycles. The highest BCUT2D eigenvalue weighted by Crippen LogP contribution is 2.25. The highest BCUT2D eigenvalue weighted by atomic mass is 127. The van der Waals surface area contributed by atoms with Crippen molar-refractivity contribution in [2.75, 3.05) is 39.9 Å². The Morgan fingerprint density at radius 2 is 1.92 bits per heavy atom. The number of hydrogen-bond acceptors (Lipinski definition) is 3. The first-order chi connectivity index (χ1) is 11.7. The molecule has 0 bridgehead atoms. The van der Waals surface area contributed by atoms with Gasteiger partial charge < -0.3 is 15.4 Å². The molecule has 2 N–H and O–H groups in total. The van der Waals surface area contributed by atoms with Gasteiger partial charge in [0.25, 0.3) is 0 Å². The van der Waals surface area contributed by atoms with Crippen molar-refractivity contribution < 1.29 is 4.74 Å². The van der Waals surface area contributed by atoms with Crippen molar-refractivity contribution in [3.05, 3.63) is 35.9 Å². The van der Waals surface area contributed by atoms with Crippen LogP contribution in [0.15, 0.2) is 35.3 Å². The summed E-state index contributed by atoms with van der Waals surface area (Å²) in [4.78, 5) is 6.91. The Balaban J connectivity index is 0.00000225. The number of ether oxygens (including phenoxy) is 1. The molecule has 25 heavy (non-hydrogen) atoms. The van der Waals surface area contributed by atoms with Crippen LogP contribution in [-0.2, 0) is 11.3 Å². The van der Waals surface area contributed by atoms with Gasteiger partial charge in [-0.2, -0.15) is 0 Å². The molecule has 2 heterocycles. The van der Waals surface area contributed by atoms with Crippen molar-refractivity contribution in [3.63, 3.8) is 0 Å². The summed E-state index contributed by atoms with van der Waals surface area (Å²) in [5.74, 6) is 0.921. The van der Waals surface area contributed by atoms with Crippen LogP contribution >= 0.6 is 24.0 Å². The molecular formula is C19H31IN4O. The van der Waals surface area contributed by atoms with Crippen LogP contribution in [0.3, 0.4) is 0 Å². The van der Waals surface area contributed by atoms with Gasteiger partial charge in [-0.25, -0.2) is 0 Å². The van der Waals surface area contributed by atoms with E-state index in [-0.39, 0.29) is 29.4 Å². The largest absolute Gasteiger partial charge is 0.380 e. The number of benzene rings is 1. The van der Waals surface area contributed by atoms with Gasteiger partial charge in [-0.1, -0.05) is 37.3 Å². The van der Waals surface area contributed by atoms with Crippen LogP contribution < -0.4 is 10.6 Å². The summed E-state index contributed by atoms with van der Waals surface area (Å²) in [5.41, 5.74) is 1.66. The van der Waals surface area contributed by atoms with Gasteiger partial charge in [0.1, 0.15) is 0 Å². The molecule has 0 aliphatic carbocycles.